The summed E-state index contributed by atoms with van der Waals surface area (Å²) >= 11 is 0. The molecular weight excluding hydrogens is 368 g/mol. The number of rotatable bonds is 3. The number of hydrogen-bond acceptors (Lipinski definition) is 6. The van der Waals surface area contributed by atoms with Gasteiger partial charge in [-0.1, -0.05) is 0 Å². The average Bonchev–Trinajstić information content (AvgIpc) is 3.18. The van der Waals surface area contributed by atoms with Crippen LogP contribution in [0.5, 0.6) is 0 Å². The molecule has 0 unspecified atom stereocenters. The van der Waals surface area contributed by atoms with Crippen molar-refractivity contribution in [2.75, 3.05) is 31.1 Å². The number of anilines is 1. The first-order chi connectivity index (χ1) is 13.8. The summed E-state index contributed by atoms with van der Waals surface area (Å²) in [5.74, 6) is 1.66. The zero-order valence-corrected chi connectivity index (χ0v) is 17.5. The molecule has 152 valence electrons. The first-order valence-electron chi connectivity index (χ1n) is 9.75. The van der Waals surface area contributed by atoms with Gasteiger partial charge in [-0.15, -0.1) is 0 Å². The van der Waals surface area contributed by atoms with Gasteiger partial charge in [-0.25, -0.2) is 14.6 Å². The zero-order valence-electron chi connectivity index (χ0n) is 17.5. The van der Waals surface area contributed by atoms with Crippen molar-refractivity contribution >= 4 is 11.7 Å². The molecule has 4 rings (SSSR count). The van der Waals surface area contributed by atoms with E-state index < -0.39 is 0 Å². The van der Waals surface area contributed by atoms with E-state index >= 15 is 0 Å². The molecule has 0 bridgehead atoms. The van der Waals surface area contributed by atoms with Crippen LogP contribution in [0.1, 0.15) is 33.1 Å². The molecule has 0 saturated carbocycles. The second kappa shape index (κ2) is 7.31. The van der Waals surface area contributed by atoms with Gasteiger partial charge < -0.3 is 9.80 Å². The molecule has 1 amide bonds. The van der Waals surface area contributed by atoms with Crippen molar-refractivity contribution in [2.45, 2.75) is 27.7 Å². The summed E-state index contributed by atoms with van der Waals surface area (Å²) in [7, 11) is 1.87. The molecule has 1 fully saturated rings. The number of nitrogens with zero attached hydrogens (tertiary/aromatic N) is 8. The number of amides is 1. The van der Waals surface area contributed by atoms with Gasteiger partial charge in [0.05, 0.1) is 17.0 Å². The van der Waals surface area contributed by atoms with Crippen molar-refractivity contribution in [1.82, 2.24) is 34.4 Å². The van der Waals surface area contributed by atoms with Gasteiger partial charge in [0, 0.05) is 50.7 Å². The van der Waals surface area contributed by atoms with Crippen LogP contribution in [0.4, 0.5) is 5.82 Å². The Morgan fingerprint density at radius 2 is 1.62 bits per heavy atom. The standard InChI is InChI=1S/C20H26N8O/c1-13-10-14(2)28(23-13)18-11-17(21-12-22-18)26-6-8-27(9-7-26)20(29)19-15(3)24-25(5)16(19)4/h10-12H,6-9H2,1-5H3. The van der Waals surface area contributed by atoms with Crippen LogP contribution in [0.25, 0.3) is 5.82 Å². The molecule has 0 spiro atoms. The highest BCUT2D eigenvalue weighted by atomic mass is 16.2. The lowest BCUT2D eigenvalue weighted by atomic mass is 10.1. The molecule has 1 saturated heterocycles. The van der Waals surface area contributed by atoms with Gasteiger partial charge in [-0.3, -0.25) is 9.48 Å². The number of aryl methyl sites for hydroxylation is 4. The Morgan fingerprint density at radius 3 is 2.21 bits per heavy atom. The molecule has 0 radical (unpaired) electrons. The lowest BCUT2D eigenvalue weighted by Crippen LogP contribution is -2.49. The molecule has 4 heterocycles. The molecule has 0 aliphatic carbocycles. The maximum atomic E-state index is 13.0. The second-order valence-electron chi connectivity index (χ2n) is 7.52. The largest absolute Gasteiger partial charge is 0.353 e. The van der Waals surface area contributed by atoms with Crippen LogP contribution in [0, 0.1) is 27.7 Å². The lowest BCUT2D eigenvalue weighted by Gasteiger charge is -2.35. The maximum Gasteiger partial charge on any atom is 0.257 e. The average molecular weight is 394 g/mol. The van der Waals surface area contributed by atoms with E-state index in [2.05, 4.69) is 25.1 Å². The number of piperazine rings is 1. The van der Waals surface area contributed by atoms with Gasteiger partial charge >= 0.3 is 0 Å². The number of aromatic nitrogens is 6. The third kappa shape index (κ3) is 3.48. The molecule has 1 aliphatic heterocycles. The molecule has 29 heavy (non-hydrogen) atoms. The summed E-state index contributed by atoms with van der Waals surface area (Å²) < 4.78 is 3.59. The number of carbonyl (C=O) groups excluding carboxylic acids is 1. The highest BCUT2D eigenvalue weighted by molar-refractivity contribution is 5.96. The number of hydrogen-bond donors (Lipinski definition) is 0. The fourth-order valence-electron chi connectivity index (χ4n) is 3.87. The van der Waals surface area contributed by atoms with E-state index in [1.165, 1.54) is 0 Å². The normalized spacial score (nSPS) is 14.5. The van der Waals surface area contributed by atoms with Gasteiger partial charge in [0.2, 0.25) is 0 Å². The van der Waals surface area contributed by atoms with Crippen molar-refractivity contribution in [3.05, 3.63) is 46.8 Å². The summed E-state index contributed by atoms with van der Waals surface area (Å²) in [6, 6.07) is 3.97. The van der Waals surface area contributed by atoms with Crippen LogP contribution >= 0.6 is 0 Å². The Balaban J connectivity index is 1.48. The second-order valence-corrected chi connectivity index (χ2v) is 7.52. The first-order valence-corrected chi connectivity index (χ1v) is 9.75. The van der Waals surface area contributed by atoms with Crippen molar-refractivity contribution in [3.8, 4) is 5.82 Å². The third-order valence-electron chi connectivity index (χ3n) is 5.48. The highest BCUT2D eigenvalue weighted by Gasteiger charge is 2.27. The predicted molar refractivity (Wildman–Crippen MR) is 109 cm³/mol. The minimum absolute atomic E-state index is 0.0544. The SMILES string of the molecule is Cc1cc(C)n(-c2cc(N3CCN(C(=O)c4c(C)nn(C)c4C)CC3)ncn2)n1. The van der Waals surface area contributed by atoms with Crippen LogP contribution in [0.2, 0.25) is 0 Å². The molecular formula is C20H26N8O. The molecule has 0 N–H and O–H groups in total. The molecule has 0 aromatic carbocycles. The molecule has 9 heteroatoms. The van der Waals surface area contributed by atoms with Gasteiger partial charge in [0.25, 0.3) is 5.91 Å². The first kappa shape index (κ1) is 19.1. The molecule has 9 nitrogen and oxygen atoms in total. The Labute approximate surface area is 170 Å². The summed E-state index contributed by atoms with van der Waals surface area (Å²) in [6.45, 7) is 10.5. The third-order valence-corrected chi connectivity index (χ3v) is 5.48. The van der Waals surface area contributed by atoms with E-state index in [9.17, 15) is 4.79 Å². The highest BCUT2D eigenvalue weighted by Crippen LogP contribution is 2.20. The number of carbonyl (C=O) groups is 1. The molecule has 3 aromatic rings. The molecule has 3 aromatic heterocycles. The van der Waals surface area contributed by atoms with E-state index in [0.717, 1.165) is 53.1 Å². The van der Waals surface area contributed by atoms with E-state index in [1.807, 2.05) is 56.5 Å². The van der Waals surface area contributed by atoms with Gasteiger partial charge in [-0.2, -0.15) is 10.2 Å². The van der Waals surface area contributed by atoms with Gasteiger partial charge in [0.1, 0.15) is 12.1 Å². The molecule has 0 atom stereocenters. The Kier molecular flexibility index (Phi) is 4.81. The quantitative estimate of drug-likeness (QED) is 0.671. The Bertz CT molecular complexity index is 1060. The topological polar surface area (TPSA) is 85.0 Å². The molecule has 1 aliphatic rings. The maximum absolute atomic E-state index is 13.0. The minimum atomic E-state index is 0.0544. The van der Waals surface area contributed by atoms with E-state index in [1.54, 1.807) is 11.0 Å². The smallest absolute Gasteiger partial charge is 0.257 e. The van der Waals surface area contributed by atoms with Crippen molar-refractivity contribution in [1.29, 1.82) is 0 Å². The van der Waals surface area contributed by atoms with Crippen molar-refractivity contribution in [2.24, 2.45) is 7.05 Å². The lowest BCUT2D eigenvalue weighted by molar-refractivity contribution is 0.0745. The van der Waals surface area contributed by atoms with Crippen LogP contribution in [0.15, 0.2) is 18.5 Å². The summed E-state index contributed by atoms with van der Waals surface area (Å²) in [5.41, 5.74) is 4.39. The van der Waals surface area contributed by atoms with Crippen molar-refractivity contribution < 1.29 is 4.79 Å². The monoisotopic (exact) mass is 394 g/mol. The van der Waals surface area contributed by atoms with Gasteiger partial charge in [-0.05, 0) is 33.8 Å². The summed E-state index contributed by atoms with van der Waals surface area (Å²) in [5, 5.41) is 8.87. The Hall–Kier alpha value is -3.23. The van der Waals surface area contributed by atoms with Crippen LogP contribution in [-0.2, 0) is 7.05 Å². The predicted octanol–water partition coefficient (Wildman–Crippen LogP) is 1.59. The van der Waals surface area contributed by atoms with E-state index in [0.29, 0.717) is 13.1 Å². The van der Waals surface area contributed by atoms with E-state index in [4.69, 9.17) is 0 Å². The minimum Gasteiger partial charge on any atom is -0.353 e. The van der Waals surface area contributed by atoms with Crippen LogP contribution in [-0.4, -0.2) is 66.5 Å². The Morgan fingerprint density at radius 1 is 0.931 bits per heavy atom. The van der Waals surface area contributed by atoms with Gasteiger partial charge in [0.15, 0.2) is 5.82 Å². The summed E-state index contributed by atoms with van der Waals surface area (Å²) in [4.78, 5) is 25.9. The van der Waals surface area contributed by atoms with Crippen LogP contribution in [0.3, 0.4) is 0 Å². The van der Waals surface area contributed by atoms with Crippen molar-refractivity contribution in [3.63, 3.8) is 0 Å². The van der Waals surface area contributed by atoms with Crippen LogP contribution < -0.4 is 4.90 Å². The fraction of sp³-hybridized carbons (Fsp3) is 0.450. The fourth-order valence-corrected chi connectivity index (χ4v) is 3.87. The zero-order chi connectivity index (χ0) is 20.7. The summed E-state index contributed by atoms with van der Waals surface area (Å²) in [6.07, 6.45) is 1.57. The van der Waals surface area contributed by atoms with E-state index in [-0.39, 0.29) is 5.91 Å².